The van der Waals surface area contributed by atoms with E-state index in [0.29, 0.717) is 21.6 Å². The minimum absolute atomic E-state index is 0.125. The molecule has 1 aromatic heterocycles. The molecule has 152 valence electrons. The van der Waals surface area contributed by atoms with Gasteiger partial charge in [-0.05, 0) is 35.9 Å². The lowest BCUT2D eigenvalue weighted by Crippen LogP contribution is -2.28. The molecule has 0 aliphatic heterocycles. The van der Waals surface area contributed by atoms with E-state index in [-0.39, 0.29) is 16.4 Å². The molecule has 1 N–H and O–H groups in total. The molecule has 0 bridgehead atoms. The Morgan fingerprint density at radius 1 is 1.10 bits per heavy atom. The summed E-state index contributed by atoms with van der Waals surface area (Å²) in [6.07, 6.45) is 0. The summed E-state index contributed by atoms with van der Waals surface area (Å²) in [6, 6.07) is 9.30. The molecule has 3 aromatic rings. The predicted octanol–water partition coefficient (Wildman–Crippen LogP) is 4.18. The minimum Gasteiger partial charge on any atom is -0.493 e. The van der Waals surface area contributed by atoms with Crippen molar-refractivity contribution in [3.05, 3.63) is 57.7 Å². The summed E-state index contributed by atoms with van der Waals surface area (Å²) in [5.41, 5.74) is 0.789. The summed E-state index contributed by atoms with van der Waals surface area (Å²) in [6.45, 7) is -0.245. The number of carbonyl (C=O) groups excluding carboxylic acids is 2. The molecule has 3 rings (SSSR count). The Labute approximate surface area is 175 Å². The molecule has 0 unspecified atom stereocenters. The van der Waals surface area contributed by atoms with Crippen molar-refractivity contribution in [2.75, 3.05) is 20.8 Å². The van der Waals surface area contributed by atoms with Crippen molar-refractivity contribution >= 4 is 44.9 Å². The van der Waals surface area contributed by atoms with Gasteiger partial charge in [0.25, 0.3) is 5.91 Å². The van der Waals surface area contributed by atoms with Crippen LogP contribution in [0, 0.1) is 5.82 Å². The van der Waals surface area contributed by atoms with Crippen LogP contribution in [0.15, 0.2) is 36.4 Å². The van der Waals surface area contributed by atoms with Gasteiger partial charge in [-0.15, -0.1) is 11.3 Å². The van der Waals surface area contributed by atoms with Crippen LogP contribution in [-0.2, 0) is 16.1 Å². The average Bonchev–Trinajstić information content (AvgIpc) is 3.05. The summed E-state index contributed by atoms with van der Waals surface area (Å²) in [4.78, 5) is 24.4. The lowest BCUT2D eigenvalue weighted by atomic mass is 10.2. The van der Waals surface area contributed by atoms with E-state index >= 15 is 0 Å². The van der Waals surface area contributed by atoms with Crippen molar-refractivity contribution in [3.8, 4) is 11.5 Å². The van der Waals surface area contributed by atoms with E-state index in [1.165, 1.54) is 32.4 Å². The fourth-order valence-electron chi connectivity index (χ4n) is 2.61. The molecule has 0 aliphatic rings. The summed E-state index contributed by atoms with van der Waals surface area (Å²) in [7, 11) is 3.06. The van der Waals surface area contributed by atoms with Crippen LogP contribution >= 0.6 is 22.9 Å². The predicted molar refractivity (Wildman–Crippen MR) is 108 cm³/mol. The van der Waals surface area contributed by atoms with Gasteiger partial charge < -0.3 is 19.5 Å². The first-order valence-corrected chi connectivity index (χ1v) is 9.64. The molecule has 0 spiro atoms. The highest BCUT2D eigenvalue weighted by Gasteiger charge is 2.19. The fraction of sp³-hybridized carbons (Fsp3) is 0.200. The Balaban J connectivity index is 1.57. The van der Waals surface area contributed by atoms with Crippen molar-refractivity contribution < 1.29 is 28.2 Å². The molecule has 1 heterocycles. The minimum atomic E-state index is -0.738. The normalized spacial score (nSPS) is 10.6. The maximum atomic E-state index is 13.3. The average molecular weight is 438 g/mol. The molecule has 9 heteroatoms. The van der Waals surface area contributed by atoms with E-state index in [1.807, 2.05) is 0 Å². The van der Waals surface area contributed by atoms with Crippen LogP contribution in [0.5, 0.6) is 11.5 Å². The van der Waals surface area contributed by atoms with Crippen LogP contribution in [0.3, 0.4) is 0 Å². The third-order valence-corrected chi connectivity index (χ3v) is 5.69. The molecule has 0 saturated heterocycles. The first-order chi connectivity index (χ1) is 13.9. The molecule has 1 amide bonds. The Morgan fingerprint density at radius 3 is 2.59 bits per heavy atom. The zero-order valence-electron chi connectivity index (χ0n) is 15.6. The second-order valence-electron chi connectivity index (χ2n) is 5.93. The van der Waals surface area contributed by atoms with E-state index in [1.54, 1.807) is 18.2 Å². The summed E-state index contributed by atoms with van der Waals surface area (Å²) >= 11 is 7.19. The number of ether oxygens (including phenoxy) is 3. The Kier molecular flexibility index (Phi) is 6.56. The lowest BCUT2D eigenvalue weighted by Gasteiger charge is -2.10. The SMILES string of the molecule is COc1ccc(CNC(=O)COC(=O)c2sc3cc(F)ccc3c2Cl)cc1OC. The number of hydrogen-bond acceptors (Lipinski definition) is 6. The Morgan fingerprint density at radius 2 is 1.86 bits per heavy atom. The van der Waals surface area contributed by atoms with E-state index < -0.39 is 24.3 Å². The summed E-state index contributed by atoms with van der Waals surface area (Å²) in [5.74, 6) is -0.516. The van der Waals surface area contributed by atoms with E-state index in [4.69, 9.17) is 25.8 Å². The molecule has 0 saturated carbocycles. The highest BCUT2D eigenvalue weighted by molar-refractivity contribution is 7.21. The van der Waals surface area contributed by atoms with Crippen LogP contribution in [0.25, 0.3) is 10.1 Å². The van der Waals surface area contributed by atoms with Gasteiger partial charge >= 0.3 is 5.97 Å². The molecule has 0 radical (unpaired) electrons. The van der Waals surface area contributed by atoms with Crippen LogP contribution in [-0.4, -0.2) is 32.7 Å². The van der Waals surface area contributed by atoms with Crippen LogP contribution in [0.4, 0.5) is 4.39 Å². The number of fused-ring (bicyclic) bond motifs is 1. The smallest absolute Gasteiger partial charge is 0.350 e. The van der Waals surface area contributed by atoms with Gasteiger partial charge in [-0.25, -0.2) is 9.18 Å². The second kappa shape index (κ2) is 9.11. The quantitative estimate of drug-likeness (QED) is 0.561. The molecule has 29 heavy (non-hydrogen) atoms. The number of methoxy groups -OCH3 is 2. The molecular weight excluding hydrogens is 421 g/mol. The third-order valence-electron chi connectivity index (χ3n) is 4.05. The number of rotatable bonds is 7. The Hall–Kier alpha value is -2.84. The maximum absolute atomic E-state index is 13.3. The third kappa shape index (κ3) is 4.78. The number of hydrogen-bond donors (Lipinski definition) is 1. The highest BCUT2D eigenvalue weighted by Crippen LogP contribution is 2.36. The second-order valence-corrected chi connectivity index (χ2v) is 7.36. The summed E-state index contributed by atoms with van der Waals surface area (Å²) < 4.78 is 29.3. The lowest BCUT2D eigenvalue weighted by molar-refractivity contribution is -0.124. The van der Waals surface area contributed by atoms with Crippen molar-refractivity contribution in [1.82, 2.24) is 5.32 Å². The van der Waals surface area contributed by atoms with Crippen LogP contribution in [0.1, 0.15) is 15.2 Å². The molecule has 0 fully saturated rings. The number of benzene rings is 2. The molecule has 0 atom stereocenters. The number of nitrogens with one attached hydrogen (secondary N) is 1. The van der Waals surface area contributed by atoms with Gasteiger partial charge in [0.2, 0.25) is 0 Å². The van der Waals surface area contributed by atoms with Crippen molar-refractivity contribution in [3.63, 3.8) is 0 Å². The number of thiophene rings is 1. The van der Waals surface area contributed by atoms with Gasteiger partial charge in [-0.2, -0.15) is 0 Å². The molecular formula is C20H17ClFNO5S. The number of carbonyl (C=O) groups is 2. The largest absolute Gasteiger partial charge is 0.493 e. The van der Waals surface area contributed by atoms with Crippen molar-refractivity contribution in [2.24, 2.45) is 0 Å². The summed E-state index contributed by atoms with van der Waals surface area (Å²) in [5, 5.41) is 3.39. The van der Waals surface area contributed by atoms with E-state index in [9.17, 15) is 14.0 Å². The van der Waals surface area contributed by atoms with Gasteiger partial charge in [0.05, 0.1) is 19.2 Å². The molecule has 6 nitrogen and oxygen atoms in total. The first-order valence-electron chi connectivity index (χ1n) is 8.45. The van der Waals surface area contributed by atoms with Gasteiger partial charge in [-0.1, -0.05) is 17.7 Å². The van der Waals surface area contributed by atoms with E-state index in [2.05, 4.69) is 5.32 Å². The fourth-order valence-corrected chi connectivity index (χ4v) is 4.04. The van der Waals surface area contributed by atoms with Crippen LogP contribution in [0.2, 0.25) is 5.02 Å². The standard InChI is InChI=1S/C20H17ClFNO5S/c1-26-14-6-3-11(7-15(14)27-2)9-23-17(24)10-28-20(25)19-18(21)13-5-4-12(22)8-16(13)29-19/h3-8H,9-10H2,1-2H3,(H,23,24). The van der Waals surface area contributed by atoms with Crippen LogP contribution < -0.4 is 14.8 Å². The highest BCUT2D eigenvalue weighted by atomic mass is 35.5. The first kappa shape index (κ1) is 20.9. The molecule has 0 aliphatic carbocycles. The number of esters is 1. The Bertz CT molecular complexity index is 1070. The topological polar surface area (TPSA) is 73.9 Å². The number of halogens is 2. The van der Waals surface area contributed by atoms with Gasteiger partial charge in [-0.3, -0.25) is 4.79 Å². The van der Waals surface area contributed by atoms with Gasteiger partial charge in [0.15, 0.2) is 18.1 Å². The van der Waals surface area contributed by atoms with Gasteiger partial charge in [0.1, 0.15) is 10.7 Å². The maximum Gasteiger partial charge on any atom is 0.350 e. The molecule has 2 aromatic carbocycles. The van der Waals surface area contributed by atoms with Crippen molar-refractivity contribution in [2.45, 2.75) is 6.54 Å². The van der Waals surface area contributed by atoms with E-state index in [0.717, 1.165) is 16.9 Å². The zero-order valence-corrected chi connectivity index (χ0v) is 17.2. The monoisotopic (exact) mass is 437 g/mol. The number of amides is 1. The van der Waals surface area contributed by atoms with Crippen molar-refractivity contribution in [1.29, 1.82) is 0 Å². The van der Waals surface area contributed by atoms with Gasteiger partial charge in [0, 0.05) is 16.6 Å². The zero-order chi connectivity index (χ0) is 21.0.